The summed E-state index contributed by atoms with van der Waals surface area (Å²) in [6.45, 7) is 6.00. The molecule has 0 aliphatic rings. The molecule has 15 heavy (non-hydrogen) atoms. The van der Waals surface area contributed by atoms with Gasteiger partial charge in [0, 0.05) is 11.5 Å². The molecule has 0 amide bonds. The topological polar surface area (TPSA) is 12.9 Å². The van der Waals surface area contributed by atoms with Gasteiger partial charge in [0.25, 0.3) is 0 Å². The van der Waals surface area contributed by atoms with E-state index >= 15 is 0 Å². The van der Waals surface area contributed by atoms with Crippen LogP contribution in [0.5, 0.6) is 0 Å². The summed E-state index contributed by atoms with van der Waals surface area (Å²) in [6, 6.07) is 2.19. The molecule has 2 aromatic rings. The van der Waals surface area contributed by atoms with Gasteiger partial charge in [-0.25, -0.2) is 13.8 Å². The van der Waals surface area contributed by atoms with E-state index in [0.29, 0.717) is 4.70 Å². The van der Waals surface area contributed by atoms with E-state index in [0.717, 1.165) is 11.1 Å². The van der Waals surface area contributed by atoms with Crippen LogP contribution < -0.4 is 0 Å². The van der Waals surface area contributed by atoms with Gasteiger partial charge >= 0.3 is 0 Å². The average molecular weight is 227 g/mol. The summed E-state index contributed by atoms with van der Waals surface area (Å²) in [5.74, 6) is -1.14. The maximum atomic E-state index is 13.4. The molecule has 0 unspecified atom stereocenters. The van der Waals surface area contributed by atoms with Crippen molar-refractivity contribution in [2.45, 2.75) is 26.2 Å². The van der Waals surface area contributed by atoms with E-state index in [9.17, 15) is 8.78 Å². The molecule has 1 aromatic heterocycles. The molecular formula is C11H11F2NS. The minimum Gasteiger partial charge on any atom is -0.238 e. The van der Waals surface area contributed by atoms with Crippen LogP contribution in [0.25, 0.3) is 10.2 Å². The third-order valence-corrected chi connectivity index (χ3v) is 3.48. The molecule has 0 saturated heterocycles. The summed E-state index contributed by atoms with van der Waals surface area (Å²) in [6.07, 6.45) is 0. The van der Waals surface area contributed by atoms with Crippen molar-refractivity contribution in [1.29, 1.82) is 0 Å². The molecule has 0 spiro atoms. The van der Waals surface area contributed by atoms with Crippen LogP contribution in [-0.4, -0.2) is 4.98 Å². The molecule has 0 aliphatic carbocycles. The highest BCUT2D eigenvalue weighted by molar-refractivity contribution is 7.18. The van der Waals surface area contributed by atoms with Crippen molar-refractivity contribution in [1.82, 2.24) is 4.98 Å². The Morgan fingerprint density at radius 1 is 1.20 bits per heavy atom. The van der Waals surface area contributed by atoms with Crippen LogP contribution in [0.4, 0.5) is 8.78 Å². The lowest BCUT2D eigenvalue weighted by Crippen LogP contribution is -2.09. The summed E-state index contributed by atoms with van der Waals surface area (Å²) in [5.41, 5.74) is 0.137. The Morgan fingerprint density at radius 3 is 2.47 bits per heavy atom. The number of benzene rings is 1. The quantitative estimate of drug-likeness (QED) is 0.665. The summed E-state index contributed by atoms with van der Waals surface area (Å²) < 4.78 is 26.9. The van der Waals surface area contributed by atoms with Crippen molar-refractivity contribution < 1.29 is 8.78 Å². The van der Waals surface area contributed by atoms with Crippen molar-refractivity contribution in [2.75, 3.05) is 0 Å². The standard InChI is InChI=1S/C11H11F2NS/c1-11(2,3)10-14-9-7(13)4-6(12)5-8(9)15-10/h4-5H,1-3H3. The second kappa shape index (κ2) is 3.23. The summed E-state index contributed by atoms with van der Waals surface area (Å²) >= 11 is 1.34. The van der Waals surface area contributed by atoms with Crippen LogP contribution in [0.1, 0.15) is 25.8 Å². The largest absolute Gasteiger partial charge is 0.238 e. The molecule has 0 bridgehead atoms. The Kier molecular flexibility index (Phi) is 2.26. The monoisotopic (exact) mass is 227 g/mol. The van der Waals surface area contributed by atoms with E-state index in [-0.39, 0.29) is 10.9 Å². The van der Waals surface area contributed by atoms with Gasteiger partial charge in [0.15, 0.2) is 5.82 Å². The number of thiazole rings is 1. The molecule has 0 saturated carbocycles. The highest BCUT2D eigenvalue weighted by atomic mass is 32.1. The van der Waals surface area contributed by atoms with E-state index in [4.69, 9.17) is 0 Å². The Bertz CT molecular complexity index is 511. The normalized spacial score (nSPS) is 12.3. The van der Waals surface area contributed by atoms with Crippen molar-refractivity contribution in [3.05, 3.63) is 28.8 Å². The Hall–Kier alpha value is -1.03. The Labute approximate surface area is 90.8 Å². The fourth-order valence-corrected chi connectivity index (χ4v) is 2.34. The molecule has 1 aromatic carbocycles. The van der Waals surface area contributed by atoms with Crippen LogP contribution in [0.2, 0.25) is 0 Å². The molecule has 4 heteroatoms. The first-order valence-corrected chi connectivity index (χ1v) is 5.45. The highest BCUT2D eigenvalue weighted by Gasteiger charge is 2.20. The molecule has 2 rings (SSSR count). The summed E-state index contributed by atoms with van der Waals surface area (Å²) in [4.78, 5) is 4.20. The minimum atomic E-state index is -0.586. The average Bonchev–Trinajstić information content (AvgIpc) is 2.46. The lowest BCUT2D eigenvalue weighted by atomic mass is 9.98. The van der Waals surface area contributed by atoms with E-state index in [2.05, 4.69) is 4.98 Å². The van der Waals surface area contributed by atoms with Crippen LogP contribution in [-0.2, 0) is 5.41 Å². The molecule has 80 valence electrons. The van der Waals surface area contributed by atoms with Crippen LogP contribution in [0.15, 0.2) is 12.1 Å². The number of halogens is 2. The van der Waals surface area contributed by atoms with Gasteiger partial charge in [0.2, 0.25) is 0 Å². The van der Waals surface area contributed by atoms with E-state index in [1.807, 2.05) is 20.8 Å². The van der Waals surface area contributed by atoms with Gasteiger partial charge in [-0.2, -0.15) is 0 Å². The number of fused-ring (bicyclic) bond motifs is 1. The number of hydrogen-bond acceptors (Lipinski definition) is 2. The number of hydrogen-bond donors (Lipinski definition) is 0. The maximum Gasteiger partial charge on any atom is 0.153 e. The first-order valence-electron chi connectivity index (χ1n) is 4.64. The predicted molar refractivity (Wildman–Crippen MR) is 58.2 cm³/mol. The summed E-state index contributed by atoms with van der Waals surface area (Å²) in [7, 11) is 0. The van der Waals surface area contributed by atoms with Gasteiger partial charge in [0.05, 0.1) is 9.71 Å². The van der Waals surface area contributed by atoms with E-state index < -0.39 is 11.6 Å². The van der Waals surface area contributed by atoms with E-state index in [1.54, 1.807) is 0 Å². The lowest BCUT2D eigenvalue weighted by molar-refractivity contribution is 0.580. The van der Waals surface area contributed by atoms with Gasteiger partial charge in [-0.1, -0.05) is 20.8 Å². The molecule has 0 atom stereocenters. The Morgan fingerprint density at radius 2 is 1.87 bits per heavy atom. The molecule has 0 radical (unpaired) electrons. The van der Waals surface area contributed by atoms with E-state index in [1.165, 1.54) is 17.4 Å². The van der Waals surface area contributed by atoms with Crippen LogP contribution in [0.3, 0.4) is 0 Å². The number of rotatable bonds is 0. The molecule has 1 nitrogen and oxygen atoms in total. The minimum absolute atomic E-state index is 0.132. The third kappa shape index (κ3) is 1.86. The third-order valence-electron chi connectivity index (χ3n) is 2.05. The molecule has 0 N–H and O–H groups in total. The molecule has 1 heterocycles. The Balaban J connectivity index is 2.71. The predicted octanol–water partition coefficient (Wildman–Crippen LogP) is 3.87. The van der Waals surface area contributed by atoms with Crippen LogP contribution in [0, 0.1) is 11.6 Å². The second-order valence-electron chi connectivity index (χ2n) is 4.50. The fourth-order valence-electron chi connectivity index (χ4n) is 1.28. The van der Waals surface area contributed by atoms with Gasteiger partial charge in [0.1, 0.15) is 11.3 Å². The fraction of sp³-hybridized carbons (Fsp3) is 0.364. The molecule has 0 fully saturated rings. The zero-order chi connectivity index (χ0) is 11.2. The zero-order valence-electron chi connectivity index (χ0n) is 8.77. The second-order valence-corrected chi connectivity index (χ2v) is 5.53. The van der Waals surface area contributed by atoms with Gasteiger partial charge in [-0.05, 0) is 6.07 Å². The summed E-state index contributed by atoms with van der Waals surface area (Å²) in [5, 5.41) is 0.821. The molecular weight excluding hydrogens is 216 g/mol. The zero-order valence-corrected chi connectivity index (χ0v) is 9.58. The number of aromatic nitrogens is 1. The van der Waals surface area contributed by atoms with Gasteiger partial charge in [-0.15, -0.1) is 11.3 Å². The SMILES string of the molecule is CC(C)(C)c1nc2c(F)cc(F)cc2s1. The van der Waals surface area contributed by atoms with Gasteiger partial charge in [-0.3, -0.25) is 0 Å². The first kappa shape index (κ1) is 10.5. The van der Waals surface area contributed by atoms with Crippen molar-refractivity contribution in [3.63, 3.8) is 0 Å². The maximum absolute atomic E-state index is 13.4. The van der Waals surface area contributed by atoms with Crippen LogP contribution >= 0.6 is 11.3 Å². The lowest BCUT2D eigenvalue weighted by Gasteiger charge is -2.13. The van der Waals surface area contributed by atoms with Crippen molar-refractivity contribution in [2.24, 2.45) is 0 Å². The smallest absolute Gasteiger partial charge is 0.153 e. The van der Waals surface area contributed by atoms with Crippen molar-refractivity contribution in [3.8, 4) is 0 Å². The first-order chi connectivity index (χ1) is 6.88. The molecule has 0 aliphatic heterocycles. The van der Waals surface area contributed by atoms with Crippen molar-refractivity contribution >= 4 is 21.6 Å². The van der Waals surface area contributed by atoms with Gasteiger partial charge < -0.3 is 0 Å². The highest BCUT2D eigenvalue weighted by Crippen LogP contribution is 2.32. The number of nitrogens with zero attached hydrogens (tertiary/aromatic N) is 1.